The maximum Gasteiger partial charge on any atom is 0.220 e. The Morgan fingerprint density at radius 1 is 0.447 bits per heavy atom. The lowest BCUT2D eigenvalue weighted by Gasteiger charge is -2.40. The summed E-state index contributed by atoms with van der Waals surface area (Å²) in [6.45, 7) is 3.78. The van der Waals surface area contributed by atoms with Gasteiger partial charge in [0.25, 0.3) is 0 Å². The van der Waals surface area contributed by atoms with Crippen molar-refractivity contribution in [3.05, 3.63) is 60.8 Å². The lowest BCUT2D eigenvalue weighted by molar-refractivity contribution is -0.302. The number of carbonyl (C=O) groups excluding carboxylic acids is 1. The quantitative estimate of drug-likeness (QED) is 0.0261. The van der Waals surface area contributed by atoms with Crippen LogP contribution >= 0.6 is 0 Å². The minimum absolute atomic E-state index is 0.187. The average molecular weight is 1070 g/mol. The highest BCUT2D eigenvalue weighted by Crippen LogP contribution is 2.23. The molecule has 0 spiro atoms. The monoisotopic (exact) mass is 1070 g/mol. The molecule has 76 heavy (non-hydrogen) atoms. The summed E-state index contributed by atoms with van der Waals surface area (Å²) in [7, 11) is 0. The number of nitrogens with one attached hydrogen (secondary N) is 1. The maximum absolute atomic E-state index is 13.1. The lowest BCUT2D eigenvalue weighted by atomic mass is 9.99. The SMILES string of the molecule is CCCCCCC/C=C\C/C=C\C/C=C\CCCCCCCCCCCCCCC(=O)NC(COC1OC(CO)C(O)C(O)C1O)C(O)/C=C/CC/C=C/CCCCCCCCCCCCCCCCCCCCCC. The molecule has 1 rings (SSSR count). The summed E-state index contributed by atoms with van der Waals surface area (Å²) in [6, 6.07) is -0.826. The van der Waals surface area contributed by atoms with E-state index in [0.29, 0.717) is 6.42 Å². The summed E-state index contributed by atoms with van der Waals surface area (Å²) in [5, 5.41) is 54.6. The van der Waals surface area contributed by atoms with E-state index in [4.69, 9.17) is 9.47 Å². The number of aliphatic hydroxyl groups excluding tert-OH is 5. The Morgan fingerprint density at radius 3 is 1.20 bits per heavy atom. The number of ether oxygens (including phenoxy) is 2. The number of amides is 1. The van der Waals surface area contributed by atoms with Gasteiger partial charge in [-0.2, -0.15) is 0 Å². The standard InChI is InChI=1S/C67H123NO8/c1-3-5-7-9-11-13-15-17-19-21-23-25-27-29-31-33-35-37-39-41-43-45-47-49-51-53-55-57-63(71)68-60(59-75-67-66(74)65(73)64(72)62(58-69)76-67)61(70)56-54-52-50-48-46-44-42-40-38-36-34-32-30-28-26-24-22-20-18-16-14-12-10-8-6-4-2/h15,17,21,23,27,29,46,48,54,56,60-62,64-67,69-70,72-74H,3-14,16,18-20,22,24-26,28,30-45,47,49-53,55,57-59H2,1-2H3,(H,68,71)/b17-15-,23-21-,29-27-,48-46+,56-54+. The van der Waals surface area contributed by atoms with Crippen molar-refractivity contribution in [2.75, 3.05) is 13.2 Å². The molecule has 0 aromatic heterocycles. The van der Waals surface area contributed by atoms with Gasteiger partial charge in [-0.05, 0) is 70.6 Å². The molecule has 1 heterocycles. The number of hydrogen-bond acceptors (Lipinski definition) is 8. The van der Waals surface area contributed by atoms with Crippen molar-refractivity contribution in [1.29, 1.82) is 0 Å². The van der Waals surface area contributed by atoms with Crippen LogP contribution in [0.1, 0.15) is 303 Å². The van der Waals surface area contributed by atoms with Crippen LogP contribution in [0.15, 0.2) is 60.8 Å². The molecule has 1 amide bonds. The number of unbranched alkanes of at least 4 members (excludes halogenated alkanes) is 38. The zero-order chi connectivity index (χ0) is 55.0. The van der Waals surface area contributed by atoms with Crippen LogP contribution in [0.5, 0.6) is 0 Å². The molecular weight excluding hydrogens is 947 g/mol. The molecule has 1 aliphatic heterocycles. The van der Waals surface area contributed by atoms with E-state index in [2.05, 4.69) is 67.8 Å². The van der Waals surface area contributed by atoms with Gasteiger partial charge in [0.2, 0.25) is 5.91 Å². The number of rotatable bonds is 56. The molecule has 0 saturated carbocycles. The van der Waals surface area contributed by atoms with Gasteiger partial charge in [0.05, 0.1) is 25.4 Å². The van der Waals surface area contributed by atoms with Gasteiger partial charge in [-0.25, -0.2) is 0 Å². The van der Waals surface area contributed by atoms with E-state index in [9.17, 15) is 30.3 Å². The van der Waals surface area contributed by atoms with Gasteiger partial charge in [-0.3, -0.25) is 4.79 Å². The lowest BCUT2D eigenvalue weighted by Crippen LogP contribution is -2.60. The number of aliphatic hydroxyl groups is 5. The molecule has 9 nitrogen and oxygen atoms in total. The van der Waals surface area contributed by atoms with Gasteiger partial charge in [-0.1, -0.05) is 286 Å². The molecule has 6 N–H and O–H groups in total. The van der Waals surface area contributed by atoms with Gasteiger partial charge >= 0.3 is 0 Å². The summed E-state index contributed by atoms with van der Waals surface area (Å²) < 4.78 is 11.3. The summed E-state index contributed by atoms with van der Waals surface area (Å²) in [4.78, 5) is 13.1. The number of hydrogen-bond donors (Lipinski definition) is 6. The van der Waals surface area contributed by atoms with E-state index in [1.54, 1.807) is 6.08 Å². The molecule has 1 saturated heterocycles. The smallest absolute Gasteiger partial charge is 0.220 e. The molecule has 7 unspecified atom stereocenters. The van der Waals surface area contributed by atoms with E-state index in [0.717, 1.165) is 51.4 Å². The van der Waals surface area contributed by atoms with E-state index in [-0.39, 0.29) is 12.5 Å². The van der Waals surface area contributed by atoms with Crippen LogP contribution in [0.2, 0.25) is 0 Å². The first-order valence-electron chi connectivity index (χ1n) is 32.5. The van der Waals surface area contributed by atoms with Crippen molar-refractivity contribution in [2.45, 2.75) is 346 Å². The molecule has 0 aromatic rings. The van der Waals surface area contributed by atoms with Crippen molar-refractivity contribution in [2.24, 2.45) is 0 Å². The first-order chi connectivity index (χ1) is 37.3. The van der Waals surface area contributed by atoms with E-state index < -0.39 is 49.5 Å². The van der Waals surface area contributed by atoms with Crippen LogP contribution < -0.4 is 5.32 Å². The van der Waals surface area contributed by atoms with Gasteiger partial charge < -0.3 is 40.3 Å². The second-order valence-corrected chi connectivity index (χ2v) is 22.5. The van der Waals surface area contributed by atoms with Crippen molar-refractivity contribution in [3.63, 3.8) is 0 Å². The normalized spacial score (nSPS) is 19.2. The van der Waals surface area contributed by atoms with E-state index in [1.807, 2.05) is 6.08 Å². The molecule has 444 valence electrons. The van der Waals surface area contributed by atoms with E-state index >= 15 is 0 Å². The summed E-state index contributed by atoms with van der Waals surface area (Å²) in [5.41, 5.74) is 0. The fourth-order valence-corrected chi connectivity index (χ4v) is 10.2. The Balaban J connectivity index is 2.20. The maximum atomic E-state index is 13.1. The second-order valence-electron chi connectivity index (χ2n) is 22.5. The minimum Gasteiger partial charge on any atom is -0.394 e. The van der Waals surface area contributed by atoms with Crippen LogP contribution in [0.25, 0.3) is 0 Å². The van der Waals surface area contributed by atoms with E-state index in [1.165, 1.54) is 231 Å². The zero-order valence-corrected chi connectivity index (χ0v) is 49.5. The third kappa shape index (κ3) is 44.7. The third-order valence-corrected chi connectivity index (χ3v) is 15.3. The average Bonchev–Trinajstić information content (AvgIpc) is 3.42. The van der Waals surface area contributed by atoms with Gasteiger partial charge in [-0.15, -0.1) is 0 Å². The Kier molecular flexibility index (Phi) is 53.1. The first kappa shape index (κ1) is 71.9. The predicted octanol–water partition coefficient (Wildman–Crippen LogP) is 17.0. The number of allylic oxidation sites excluding steroid dienone is 9. The third-order valence-electron chi connectivity index (χ3n) is 15.3. The Morgan fingerprint density at radius 2 is 0.789 bits per heavy atom. The van der Waals surface area contributed by atoms with Crippen molar-refractivity contribution in [1.82, 2.24) is 5.32 Å². The Hall–Kier alpha value is -2.11. The molecule has 0 aliphatic carbocycles. The molecule has 1 fully saturated rings. The Bertz CT molecular complexity index is 1380. The molecule has 0 aromatic carbocycles. The largest absolute Gasteiger partial charge is 0.394 e. The number of carbonyl (C=O) groups is 1. The minimum atomic E-state index is -1.58. The van der Waals surface area contributed by atoms with Crippen molar-refractivity contribution >= 4 is 5.91 Å². The molecular formula is C67H123NO8. The highest BCUT2D eigenvalue weighted by molar-refractivity contribution is 5.76. The highest BCUT2D eigenvalue weighted by atomic mass is 16.7. The highest BCUT2D eigenvalue weighted by Gasteiger charge is 2.44. The van der Waals surface area contributed by atoms with Crippen LogP contribution in [-0.4, -0.2) is 87.5 Å². The molecule has 7 atom stereocenters. The topological polar surface area (TPSA) is 149 Å². The molecule has 0 radical (unpaired) electrons. The van der Waals surface area contributed by atoms with Gasteiger partial charge in [0, 0.05) is 6.42 Å². The van der Waals surface area contributed by atoms with Gasteiger partial charge in [0.15, 0.2) is 6.29 Å². The van der Waals surface area contributed by atoms with Crippen LogP contribution in [0, 0.1) is 0 Å². The summed E-state index contributed by atoms with van der Waals surface area (Å²) in [6.07, 6.45) is 70.2. The summed E-state index contributed by atoms with van der Waals surface area (Å²) in [5.74, 6) is -0.187. The Labute approximate surface area is 468 Å². The molecule has 0 bridgehead atoms. The van der Waals surface area contributed by atoms with Crippen molar-refractivity contribution < 1.29 is 39.8 Å². The predicted molar refractivity (Wildman–Crippen MR) is 322 cm³/mol. The van der Waals surface area contributed by atoms with Crippen LogP contribution in [-0.2, 0) is 14.3 Å². The molecule has 1 aliphatic rings. The summed E-state index contributed by atoms with van der Waals surface area (Å²) >= 11 is 0. The second kappa shape index (κ2) is 56.2. The van der Waals surface area contributed by atoms with Crippen LogP contribution in [0.3, 0.4) is 0 Å². The first-order valence-corrected chi connectivity index (χ1v) is 32.5. The fraction of sp³-hybridized carbons (Fsp3) is 0.836. The fourth-order valence-electron chi connectivity index (χ4n) is 10.2. The van der Waals surface area contributed by atoms with Crippen LogP contribution in [0.4, 0.5) is 0 Å². The van der Waals surface area contributed by atoms with Gasteiger partial charge in [0.1, 0.15) is 24.4 Å². The zero-order valence-electron chi connectivity index (χ0n) is 49.5. The van der Waals surface area contributed by atoms with Crippen molar-refractivity contribution in [3.8, 4) is 0 Å². The molecule has 9 heteroatoms.